The molecule has 4 rings (SSSR count). The molecule has 164 valence electrons. The molecule has 11 heteroatoms. The van der Waals surface area contributed by atoms with E-state index < -0.39 is 30.8 Å². The lowest BCUT2D eigenvalue weighted by atomic mass is 10.1. The van der Waals surface area contributed by atoms with E-state index in [4.69, 9.17) is 4.74 Å². The van der Waals surface area contributed by atoms with Crippen molar-refractivity contribution >= 4 is 29.1 Å². The van der Waals surface area contributed by atoms with Crippen molar-refractivity contribution < 1.29 is 27.5 Å². The lowest BCUT2D eigenvalue weighted by molar-refractivity contribution is -0.133. The van der Waals surface area contributed by atoms with Crippen LogP contribution in [0.15, 0.2) is 30.5 Å². The zero-order valence-electron chi connectivity index (χ0n) is 16.6. The lowest BCUT2D eigenvalue weighted by Gasteiger charge is -2.36. The van der Waals surface area contributed by atoms with Crippen molar-refractivity contribution in [2.75, 3.05) is 35.3 Å². The van der Waals surface area contributed by atoms with Gasteiger partial charge in [0, 0.05) is 31.8 Å². The van der Waals surface area contributed by atoms with Crippen LogP contribution in [0.3, 0.4) is 0 Å². The van der Waals surface area contributed by atoms with Crippen LogP contribution in [-0.2, 0) is 0 Å². The summed E-state index contributed by atoms with van der Waals surface area (Å²) in [5.74, 6) is -0.140. The number of anilines is 3. The maximum atomic E-state index is 13.1. The molecule has 1 fully saturated rings. The second kappa shape index (κ2) is 8.05. The van der Waals surface area contributed by atoms with Crippen molar-refractivity contribution in [3.63, 3.8) is 0 Å². The Morgan fingerprint density at radius 3 is 2.81 bits per heavy atom. The Balaban J connectivity index is 1.69. The van der Waals surface area contributed by atoms with Crippen LogP contribution >= 0.6 is 0 Å². The minimum atomic E-state index is -4.46. The smallest absolute Gasteiger partial charge is 0.389 e. The molecule has 2 aliphatic heterocycles. The number of carbonyl (C=O) groups excluding carboxylic acids is 2. The lowest BCUT2D eigenvalue weighted by Crippen LogP contribution is -2.48. The first-order chi connectivity index (χ1) is 14.8. The third-order valence-electron chi connectivity index (χ3n) is 5.28. The zero-order chi connectivity index (χ0) is 22.2. The zero-order valence-corrected chi connectivity index (χ0v) is 16.6. The quantitative estimate of drug-likeness (QED) is 0.722. The van der Waals surface area contributed by atoms with Gasteiger partial charge in [0.2, 0.25) is 0 Å². The number of aromatic nitrogens is 2. The highest BCUT2D eigenvalue weighted by Gasteiger charge is 2.41. The summed E-state index contributed by atoms with van der Waals surface area (Å²) in [4.78, 5) is 37.5. The molecule has 8 nitrogen and oxygen atoms in total. The fourth-order valence-electron chi connectivity index (χ4n) is 3.83. The fraction of sp³-hybridized carbons (Fsp3) is 0.400. The van der Waals surface area contributed by atoms with E-state index in [1.165, 1.54) is 18.2 Å². The van der Waals surface area contributed by atoms with Crippen molar-refractivity contribution in [1.29, 1.82) is 0 Å². The van der Waals surface area contributed by atoms with Crippen LogP contribution in [-0.4, -0.2) is 54.2 Å². The Morgan fingerprint density at radius 1 is 1.32 bits per heavy atom. The van der Waals surface area contributed by atoms with Crippen LogP contribution in [0, 0.1) is 0 Å². The maximum Gasteiger partial charge on any atom is 0.389 e. The van der Waals surface area contributed by atoms with Crippen LogP contribution in [0.2, 0.25) is 0 Å². The SMILES string of the molecule is COc1cc2c(nc1C(=O)CCC(F)(F)F)N(C(=O)Nc1ccccn1)[C@H]1CCN2C1. The van der Waals surface area contributed by atoms with Crippen LogP contribution < -0.4 is 19.9 Å². The number of nitrogens with zero attached hydrogens (tertiary/aromatic N) is 4. The molecule has 31 heavy (non-hydrogen) atoms. The first kappa shape index (κ1) is 20.9. The first-order valence-electron chi connectivity index (χ1n) is 9.72. The van der Waals surface area contributed by atoms with Crippen molar-refractivity contribution in [2.45, 2.75) is 31.5 Å². The normalized spacial score (nSPS) is 17.4. The number of hydrogen-bond donors (Lipinski definition) is 1. The molecule has 1 saturated heterocycles. The number of halogens is 3. The molecule has 4 heterocycles. The summed E-state index contributed by atoms with van der Waals surface area (Å²) in [6.07, 6.45) is -4.24. The number of ether oxygens (including phenoxy) is 1. The van der Waals surface area contributed by atoms with Crippen LogP contribution in [0.4, 0.5) is 35.3 Å². The number of fused-ring (bicyclic) bond motifs is 4. The Morgan fingerprint density at radius 2 is 2.13 bits per heavy atom. The van der Waals surface area contributed by atoms with Gasteiger partial charge in [-0.1, -0.05) is 6.07 Å². The molecule has 0 radical (unpaired) electrons. The van der Waals surface area contributed by atoms with E-state index in [0.29, 0.717) is 31.0 Å². The highest BCUT2D eigenvalue weighted by atomic mass is 19.4. The number of nitrogens with one attached hydrogen (secondary N) is 1. The molecule has 0 saturated carbocycles. The van der Waals surface area contributed by atoms with E-state index in [-0.39, 0.29) is 23.3 Å². The van der Waals surface area contributed by atoms with Gasteiger partial charge in [-0.15, -0.1) is 0 Å². The summed E-state index contributed by atoms with van der Waals surface area (Å²) in [5.41, 5.74) is 0.373. The molecule has 2 aromatic heterocycles. The van der Waals surface area contributed by atoms with Crippen LogP contribution in [0.5, 0.6) is 5.75 Å². The van der Waals surface area contributed by atoms with Gasteiger partial charge >= 0.3 is 12.2 Å². The molecular formula is C20H20F3N5O3. The third kappa shape index (κ3) is 4.25. The van der Waals surface area contributed by atoms with Gasteiger partial charge < -0.3 is 9.64 Å². The van der Waals surface area contributed by atoms with Gasteiger partial charge in [0.1, 0.15) is 11.6 Å². The summed E-state index contributed by atoms with van der Waals surface area (Å²) >= 11 is 0. The molecule has 0 aromatic carbocycles. The standard InChI is InChI=1S/C20H20F3N5O3/c1-31-15-10-13-18(26-17(15)14(29)5-7-20(21,22)23)28(12-6-9-27(13)11-12)19(30)25-16-4-2-3-8-24-16/h2-4,8,10,12H,5-7,9,11H2,1H3,(H,24,25,30)/t12-/m0/s1. The number of ketones is 1. The molecule has 2 aromatic rings. The molecule has 0 spiro atoms. The number of alkyl halides is 3. The van der Waals surface area contributed by atoms with Crippen molar-refractivity contribution in [3.05, 3.63) is 36.2 Å². The minimum Gasteiger partial charge on any atom is -0.494 e. The predicted octanol–water partition coefficient (Wildman–Crippen LogP) is 3.64. The number of urea groups is 1. The van der Waals surface area contributed by atoms with E-state index in [1.807, 2.05) is 4.90 Å². The maximum absolute atomic E-state index is 13.1. The summed E-state index contributed by atoms with van der Waals surface area (Å²) in [6.45, 7) is 1.26. The average Bonchev–Trinajstić information content (AvgIpc) is 3.16. The van der Waals surface area contributed by atoms with E-state index in [2.05, 4.69) is 15.3 Å². The third-order valence-corrected chi connectivity index (χ3v) is 5.28. The van der Waals surface area contributed by atoms with Gasteiger partial charge in [-0.25, -0.2) is 14.8 Å². The van der Waals surface area contributed by atoms with Gasteiger partial charge in [-0.3, -0.25) is 15.0 Å². The predicted molar refractivity (Wildman–Crippen MR) is 107 cm³/mol. The number of methoxy groups -OCH3 is 1. The molecule has 2 bridgehead atoms. The summed E-state index contributed by atoms with van der Waals surface area (Å²) < 4.78 is 43.0. The van der Waals surface area contributed by atoms with Crippen molar-refractivity contribution in [2.24, 2.45) is 0 Å². The highest BCUT2D eigenvalue weighted by molar-refractivity contribution is 6.05. The largest absolute Gasteiger partial charge is 0.494 e. The van der Waals surface area contributed by atoms with Gasteiger partial charge in [0.25, 0.3) is 0 Å². The number of pyridine rings is 2. The van der Waals surface area contributed by atoms with E-state index in [9.17, 15) is 22.8 Å². The van der Waals surface area contributed by atoms with Crippen LogP contribution in [0.25, 0.3) is 0 Å². The minimum absolute atomic E-state index is 0.0846. The average molecular weight is 435 g/mol. The molecule has 1 N–H and O–H groups in total. The number of carbonyl (C=O) groups is 2. The van der Waals surface area contributed by atoms with Crippen molar-refractivity contribution in [3.8, 4) is 5.75 Å². The van der Waals surface area contributed by atoms with E-state index in [1.54, 1.807) is 24.3 Å². The van der Waals surface area contributed by atoms with Gasteiger partial charge in [0.15, 0.2) is 17.3 Å². The Hall–Kier alpha value is -3.37. The number of amides is 2. The van der Waals surface area contributed by atoms with Gasteiger partial charge in [-0.05, 0) is 18.6 Å². The number of Topliss-reactive ketones (excluding diaryl/α,β-unsaturated/α-hetero) is 1. The summed E-state index contributed by atoms with van der Waals surface area (Å²) in [6, 6.07) is 5.98. The fourth-order valence-corrected chi connectivity index (χ4v) is 3.83. The molecule has 2 amide bonds. The topological polar surface area (TPSA) is 87.7 Å². The molecule has 0 unspecified atom stereocenters. The monoisotopic (exact) mass is 435 g/mol. The van der Waals surface area contributed by atoms with E-state index >= 15 is 0 Å². The van der Waals surface area contributed by atoms with Crippen molar-refractivity contribution in [1.82, 2.24) is 9.97 Å². The van der Waals surface area contributed by atoms with Gasteiger partial charge in [0.05, 0.1) is 25.3 Å². The Labute approximate surface area is 176 Å². The number of rotatable bonds is 5. The number of hydrogen-bond acceptors (Lipinski definition) is 6. The van der Waals surface area contributed by atoms with Crippen LogP contribution in [0.1, 0.15) is 29.8 Å². The summed E-state index contributed by atoms with van der Waals surface area (Å²) in [5, 5.41) is 2.71. The van der Waals surface area contributed by atoms with E-state index in [0.717, 1.165) is 0 Å². The van der Waals surface area contributed by atoms with Gasteiger partial charge in [-0.2, -0.15) is 13.2 Å². The molecule has 0 aliphatic carbocycles. The second-order valence-electron chi connectivity index (χ2n) is 7.32. The highest BCUT2D eigenvalue weighted by Crippen LogP contribution is 2.42. The second-order valence-corrected chi connectivity index (χ2v) is 7.32. The molecule has 2 aliphatic rings. The first-order valence-corrected chi connectivity index (χ1v) is 9.72. The molecule has 1 atom stereocenters. The summed E-state index contributed by atoms with van der Waals surface area (Å²) in [7, 11) is 1.32. The molecular weight excluding hydrogens is 415 g/mol. The Kier molecular flexibility index (Phi) is 5.42. The Bertz CT molecular complexity index is 1000.